The molecule has 9 heteroatoms. The number of alkyl halides is 3. The predicted octanol–water partition coefficient (Wildman–Crippen LogP) is 6.60. The maximum absolute atomic E-state index is 13.1. The fraction of sp³-hybridized carbons (Fsp3) is 0.536. The zero-order valence-corrected chi connectivity index (χ0v) is 22.6. The summed E-state index contributed by atoms with van der Waals surface area (Å²) in [4.78, 5) is 15.5. The molecule has 200 valence electrons. The normalized spacial score (nSPS) is 20.8. The molecule has 5 rings (SSSR count). The van der Waals surface area contributed by atoms with Gasteiger partial charge >= 0.3 is 6.18 Å². The molecule has 2 heterocycles. The lowest BCUT2D eigenvalue weighted by Crippen LogP contribution is -2.36. The number of anilines is 1. The number of nitrogens with one attached hydrogen (secondary N) is 1. The number of halogens is 4. The van der Waals surface area contributed by atoms with Crippen molar-refractivity contribution in [1.82, 2.24) is 9.62 Å². The van der Waals surface area contributed by atoms with Crippen molar-refractivity contribution in [2.75, 3.05) is 30.3 Å². The highest BCUT2D eigenvalue weighted by Gasteiger charge is 2.40. The van der Waals surface area contributed by atoms with E-state index in [1.165, 1.54) is 0 Å². The van der Waals surface area contributed by atoms with Gasteiger partial charge < -0.3 is 10.2 Å². The zero-order valence-electron chi connectivity index (χ0n) is 21.0. The SMILES string of the molecule is CCSN1CCC(CNC(=O)c2cc3c(cc2Cl)N(C2CC2)C(Cc2ccc(C(F)(F)F)cc2)C3)CC1. The predicted molar refractivity (Wildman–Crippen MR) is 144 cm³/mol. The van der Waals surface area contributed by atoms with Crippen LogP contribution in [0.1, 0.15) is 59.7 Å². The fourth-order valence-electron chi connectivity index (χ4n) is 5.61. The van der Waals surface area contributed by atoms with Crippen LogP contribution in [0.5, 0.6) is 0 Å². The molecule has 2 fully saturated rings. The minimum absolute atomic E-state index is 0.137. The van der Waals surface area contributed by atoms with E-state index in [1.807, 2.05) is 24.1 Å². The van der Waals surface area contributed by atoms with Crippen LogP contribution in [0.3, 0.4) is 0 Å². The van der Waals surface area contributed by atoms with Crippen LogP contribution in [0.25, 0.3) is 0 Å². The average Bonchev–Trinajstić information content (AvgIpc) is 3.64. The third-order valence-electron chi connectivity index (χ3n) is 7.67. The van der Waals surface area contributed by atoms with Crippen molar-refractivity contribution in [3.63, 3.8) is 0 Å². The monoisotopic (exact) mass is 551 g/mol. The number of carbonyl (C=O) groups excluding carboxylic acids is 1. The lowest BCUT2D eigenvalue weighted by atomic mass is 9.98. The van der Waals surface area contributed by atoms with E-state index in [-0.39, 0.29) is 11.9 Å². The third kappa shape index (κ3) is 6.23. The van der Waals surface area contributed by atoms with E-state index in [4.69, 9.17) is 11.6 Å². The highest BCUT2D eigenvalue weighted by atomic mass is 35.5. The van der Waals surface area contributed by atoms with Gasteiger partial charge in [0.1, 0.15) is 0 Å². The number of hydrogen-bond donors (Lipinski definition) is 1. The molecular formula is C28H33ClF3N3OS. The molecule has 2 aromatic carbocycles. The van der Waals surface area contributed by atoms with Crippen molar-refractivity contribution in [3.8, 4) is 0 Å². The van der Waals surface area contributed by atoms with Gasteiger partial charge in [0.25, 0.3) is 5.91 Å². The van der Waals surface area contributed by atoms with Gasteiger partial charge in [-0.1, -0.05) is 42.6 Å². The van der Waals surface area contributed by atoms with E-state index >= 15 is 0 Å². The number of fused-ring (bicyclic) bond motifs is 1. The van der Waals surface area contributed by atoms with Gasteiger partial charge in [-0.05, 0) is 79.8 Å². The molecule has 0 bridgehead atoms. The topological polar surface area (TPSA) is 35.6 Å². The van der Waals surface area contributed by atoms with Crippen molar-refractivity contribution in [2.24, 2.45) is 5.92 Å². The molecule has 3 aliphatic rings. The van der Waals surface area contributed by atoms with Crippen LogP contribution < -0.4 is 10.2 Å². The van der Waals surface area contributed by atoms with Gasteiger partial charge in [-0.25, -0.2) is 0 Å². The van der Waals surface area contributed by atoms with Gasteiger partial charge in [0.05, 0.1) is 16.1 Å². The number of piperidine rings is 1. The molecular weight excluding hydrogens is 519 g/mol. The van der Waals surface area contributed by atoms with Crippen molar-refractivity contribution in [3.05, 3.63) is 63.7 Å². The van der Waals surface area contributed by atoms with Gasteiger partial charge in [0, 0.05) is 43.2 Å². The first-order valence-corrected chi connectivity index (χ1v) is 14.5. The summed E-state index contributed by atoms with van der Waals surface area (Å²) < 4.78 is 41.3. The molecule has 4 nitrogen and oxygen atoms in total. The Balaban J connectivity index is 1.25. The first-order valence-electron chi connectivity index (χ1n) is 13.2. The van der Waals surface area contributed by atoms with Crippen LogP contribution in [0, 0.1) is 5.92 Å². The molecule has 1 atom stereocenters. The minimum Gasteiger partial charge on any atom is -0.365 e. The summed E-state index contributed by atoms with van der Waals surface area (Å²) >= 11 is 8.51. The van der Waals surface area contributed by atoms with E-state index < -0.39 is 11.7 Å². The van der Waals surface area contributed by atoms with Crippen molar-refractivity contribution >= 4 is 35.1 Å². The summed E-state index contributed by atoms with van der Waals surface area (Å²) in [6.45, 7) is 4.92. The molecule has 1 amide bonds. The molecule has 1 saturated heterocycles. The van der Waals surface area contributed by atoms with Gasteiger partial charge in [0.2, 0.25) is 0 Å². The van der Waals surface area contributed by atoms with E-state index in [0.29, 0.717) is 35.5 Å². The first kappa shape index (κ1) is 26.7. The van der Waals surface area contributed by atoms with Crippen molar-refractivity contribution in [1.29, 1.82) is 0 Å². The third-order valence-corrected chi connectivity index (χ3v) is 8.97. The number of carbonyl (C=O) groups is 1. The number of hydrogen-bond acceptors (Lipinski definition) is 4. The van der Waals surface area contributed by atoms with Crippen LogP contribution in [-0.4, -0.2) is 47.7 Å². The van der Waals surface area contributed by atoms with E-state index in [0.717, 1.165) is 79.9 Å². The van der Waals surface area contributed by atoms with Crippen LogP contribution in [0.15, 0.2) is 36.4 Å². The second-order valence-corrected chi connectivity index (χ2v) is 12.1. The Kier molecular flexibility index (Phi) is 7.99. The lowest BCUT2D eigenvalue weighted by molar-refractivity contribution is -0.137. The second kappa shape index (κ2) is 11.1. The van der Waals surface area contributed by atoms with Gasteiger partial charge in [-0.3, -0.25) is 9.10 Å². The highest BCUT2D eigenvalue weighted by Crippen LogP contribution is 2.44. The van der Waals surface area contributed by atoms with Crippen LogP contribution >= 0.6 is 23.5 Å². The average molecular weight is 552 g/mol. The summed E-state index contributed by atoms with van der Waals surface area (Å²) in [6, 6.07) is 9.87. The van der Waals surface area contributed by atoms with Crippen molar-refractivity contribution in [2.45, 2.75) is 63.7 Å². The molecule has 2 aromatic rings. The number of amides is 1. The van der Waals surface area contributed by atoms with Crippen LogP contribution in [-0.2, 0) is 19.0 Å². The molecule has 1 unspecified atom stereocenters. The number of rotatable bonds is 8. The quantitative estimate of drug-likeness (QED) is 0.375. The summed E-state index contributed by atoms with van der Waals surface area (Å²) in [6.07, 6.45) is 1.41. The molecule has 1 N–H and O–H groups in total. The molecule has 37 heavy (non-hydrogen) atoms. The first-order chi connectivity index (χ1) is 17.7. The maximum Gasteiger partial charge on any atom is 0.416 e. The second-order valence-electron chi connectivity index (χ2n) is 10.4. The summed E-state index contributed by atoms with van der Waals surface area (Å²) in [5.74, 6) is 1.42. The number of benzene rings is 2. The molecule has 0 radical (unpaired) electrons. The van der Waals surface area contributed by atoms with E-state index in [9.17, 15) is 18.0 Å². The standard InChI is InChI=1S/C28H33ClF3N3OS/c1-2-37-34-11-9-19(10-12-34)17-33-27(36)24-15-20-14-23(35(22-7-8-22)26(20)16-25(24)29)13-18-3-5-21(6-4-18)28(30,31)32/h3-6,15-16,19,22-23H,2,7-14,17H2,1H3,(H,33,36). The van der Waals surface area contributed by atoms with Gasteiger partial charge in [0.15, 0.2) is 0 Å². The Morgan fingerprint density at radius 3 is 2.43 bits per heavy atom. The molecule has 0 aromatic heterocycles. The number of nitrogens with zero attached hydrogens (tertiary/aromatic N) is 2. The molecule has 1 saturated carbocycles. The summed E-state index contributed by atoms with van der Waals surface area (Å²) in [5.41, 5.74) is 2.90. The largest absolute Gasteiger partial charge is 0.416 e. The van der Waals surface area contributed by atoms with E-state index in [1.54, 1.807) is 12.1 Å². The zero-order chi connectivity index (χ0) is 26.2. The van der Waals surface area contributed by atoms with Crippen LogP contribution in [0.2, 0.25) is 5.02 Å². The Bertz CT molecular complexity index is 1110. The Hall–Kier alpha value is -1.90. The Labute approximate surface area is 226 Å². The van der Waals surface area contributed by atoms with Crippen molar-refractivity contribution < 1.29 is 18.0 Å². The lowest BCUT2D eigenvalue weighted by Gasteiger charge is -2.30. The van der Waals surface area contributed by atoms with E-state index in [2.05, 4.69) is 21.4 Å². The molecule has 0 spiro atoms. The van der Waals surface area contributed by atoms with Gasteiger partial charge in [-0.2, -0.15) is 13.2 Å². The fourth-order valence-corrected chi connectivity index (χ4v) is 6.69. The highest BCUT2D eigenvalue weighted by molar-refractivity contribution is 7.96. The summed E-state index contributed by atoms with van der Waals surface area (Å²) in [7, 11) is 0. The molecule has 2 aliphatic heterocycles. The Morgan fingerprint density at radius 1 is 1.11 bits per heavy atom. The Morgan fingerprint density at radius 2 is 1.81 bits per heavy atom. The molecule has 1 aliphatic carbocycles. The smallest absolute Gasteiger partial charge is 0.365 e. The maximum atomic E-state index is 13.1. The minimum atomic E-state index is -4.33. The van der Waals surface area contributed by atoms with Gasteiger partial charge in [-0.15, -0.1) is 0 Å². The van der Waals surface area contributed by atoms with Crippen LogP contribution in [0.4, 0.5) is 18.9 Å². The summed E-state index contributed by atoms with van der Waals surface area (Å²) in [5, 5.41) is 3.56.